The first-order valence-electron chi connectivity index (χ1n) is 23.1. The lowest BCUT2D eigenvalue weighted by atomic mass is 9.93. The van der Waals surface area contributed by atoms with E-state index in [1.54, 1.807) is 24.8 Å². The van der Waals surface area contributed by atoms with E-state index in [9.17, 15) is 0 Å². The van der Waals surface area contributed by atoms with Crippen LogP contribution in [0.1, 0.15) is 59.3 Å². The second-order valence-electron chi connectivity index (χ2n) is 17.3. The Bertz CT molecular complexity index is 2060. The number of benzene rings is 3. The van der Waals surface area contributed by atoms with Crippen molar-refractivity contribution in [3.05, 3.63) is 141 Å². The quantitative estimate of drug-likeness (QED) is 0.0977. The number of nitrogens with one attached hydrogen (secondary N) is 1. The summed E-state index contributed by atoms with van der Waals surface area (Å²) < 4.78 is 25.1. The Labute approximate surface area is 436 Å². The van der Waals surface area contributed by atoms with Crippen molar-refractivity contribution in [3.63, 3.8) is 0 Å². The van der Waals surface area contributed by atoms with Crippen LogP contribution in [0.2, 0.25) is 15.1 Å². The van der Waals surface area contributed by atoms with Gasteiger partial charge in [-0.2, -0.15) is 0 Å². The van der Waals surface area contributed by atoms with Crippen LogP contribution in [-0.2, 0) is 0 Å². The molecule has 372 valence electrons. The summed E-state index contributed by atoms with van der Waals surface area (Å²) in [7, 11) is 0. The molecule has 0 saturated carbocycles. The first-order valence-corrected chi connectivity index (χ1v) is 26.1. The van der Waals surface area contributed by atoms with E-state index in [0.717, 1.165) is 133 Å². The number of aliphatic hydroxyl groups is 2. The molecule has 3 N–H and O–H groups in total. The molecule has 3 aliphatic heterocycles. The lowest BCUT2D eigenvalue weighted by Crippen LogP contribution is -2.47. The maximum Gasteiger partial charge on any atom is 0.122 e. The van der Waals surface area contributed by atoms with Gasteiger partial charge in [-0.3, -0.25) is 14.9 Å². The topological polar surface area (TPSA) is 122 Å². The van der Waals surface area contributed by atoms with Gasteiger partial charge < -0.3 is 39.4 Å². The summed E-state index contributed by atoms with van der Waals surface area (Å²) in [5.74, 6) is 3.54. The molecule has 68 heavy (non-hydrogen) atoms. The standard InChI is InChI=1S/C19H23ClN2O2.C14H20ClNO2.C12H16ClNO.C5H4BrN.C2H5BrO/c1-19(24-18-4-2-16(20)3-5-18)8-12-22(13-9-19)14-15-23-17-6-10-21-11-7-17;1-14(6-8-16(9-7-14)10-11-17)18-13-4-2-12(15)3-5-13;1-12(6-8-14-9-7-12)15-11-4-2-10(13)3-5-11;6-5-1-3-7-4-2-5;3-1-2-4/h2-7,10-11H,8-9,12-15H2,1H3;2-5,17H,6-11H2,1H3;2-5,14H,6-9H2,1H3;1-4H;4H,1-2H2. The van der Waals surface area contributed by atoms with Gasteiger partial charge >= 0.3 is 0 Å². The van der Waals surface area contributed by atoms with Gasteiger partial charge in [0, 0.05) is 88.9 Å². The number of aromatic nitrogens is 2. The van der Waals surface area contributed by atoms with Gasteiger partial charge in [0.15, 0.2) is 0 Å². The van der Waals surface area contributed by atoms with Crippen molar-refractivity contribution in [3.8, 4) is 23.0 Å². The molecule has 0 amide bonds. The smallest absolute Gasteiger partial charge is 0.122 e. The molecule has 0 spiro atoms. The Balaban J connectivity index is 0.000000204. The molecule has 3 saturated heterocycles. The molecule has 8 rings (SSSR count). The van der Waals surface area contributed by atoms with E-state index in [0.29, 0.717) is 11.9 Å². The molecule has 0 aliphatic carbocycles. The van der Waals surface area contributed by atoms with E-state index in [-0.39, 0.29) is 30.0 Å². The molecule has 16 heteroatoms. The molecule has 5 aromatic rings. The Hall–Kier alpha value is -3.21. The number of aliphatic hydroxyl groups excluding tert-OH is 2. The number of hydrogen-bond donors (Lipinski definition) is 3. The number of β-amino-alcohol motifs (C(OH)–C–C–N with tert-alkyl or cyclic N) is 1. The summed E-state index contributed by atoms with van der Waals surface area (Å²) in [6, 6.07) is 30.2. The maximum absolute atomic E-state index is 8.92. The molecular formula is C52H68Br2Cl3N5O6. The van der Waals surface area contributed by atoms with E-state index < -0.39 is 0 Å². The number of likely N-dealkylation sites (tertiary alicyclic amines) is 2. The highest BCUT2D eigenvalue weighted by Crippen LogP contribution is 2.31. The summed E-state index contributed by atoms with van der Waals surface area (Å²) in [5.41, 5.74) is -0.255. The fourth-order valence-corrected chi connectivity index (χ4v) is 7.94. The Morgan fingerprint density at radius 1 is 0.529 bits per heavy atom. The number of pyridine rings is 2. The van der Waals surface area contributed by atoms with Crippen LogP contribution in [0.25, 0.3) is 0 Å². The van der Waals surface area contributed by atoms with Crippen LogP contribution in [0.15, 0.2) is 126 Å². The Morgan fingerprint density at radius 2 is 0.882 bits per heavy atom. The first kappa shape index (κ1) is 57.4. The second-order valence-corrected chi connectivity index (χ2v) is 20.3. The molecule has 2 aromatic heterocycles. The van der Waals surface area contributed by atoms with Crippen molar-refractivity contribution >= 4 is 66.7 Å². The molecule has 3 aromatic carbocycles. The highest BCUT2D eigenvalue weighted by molar-refractivity contribution is 9.10. The van der Waals surface area contributed by atoms with Gasteiger partial charge in [0.05, 0.1) is 13.2 Å². The van der Waals surface area contributed by atoms with Crippen molar-refractivity contribution < 1.29 is 29.2 Å². The number of nitrogens with zero attached hydrogens (tertiary/aromatic N) is 4. The fraction of sp³-hybridized carbons (Fsp3) is 0.462. The Morgan fingerprint density at radius 3 is 1.22 bits per heavy atom. The van der Waals surface area contributed by atoms with Crippen LogP contribution in [0.5, 0.6) is 23.0 Å². The molecule has 0 atom stereocenters. The van der Waals surface area contributed by atoms with Crippen molar-refractivity contribution in [2.75, 3.05) is 77.5 Å². The summed E-state index contributed by atoms with van der Waals surface area (Å²) in [5, 5.41) is 23.0. The lowest BCUT2D eigenvalue weighted by molar-refractivity contribution is 0.0125. The van der Waals surface area contributed by atoms with Crippen LogP contribution in [0, 0.1) is 0 Å². The van der Waals surface area contributed by atoms with Crippen molar-refractivity contribution in [1.29, 1.82) is 0 Å². The van der Waals surface area contributed by atoms with Gasteiger partial charge in [0.25, 0.3) is 0 Å². The van der Waals surface area contributed by atoms with E-state index in [4.69, 9.17) is 64.0 Å². The highest BCUT2D eigenvalue weighted by atomic mass is 79.9. The molecule has 11 nitrogen and oxygen atoms in total. The monoisotopic (exact) mass is 1120 g/mol. The predicted octanol–water partition coefficient (Wildman–Crippen LogP) is 11.7. The van der Waals surface area contributed by atoms with Gasteiger partial charge in [-0.25, -0.2) is 0 Å². The third-order valence-electron chi connectivity index (χ3n) is 11.5. The maximum atomic E-state index is 8.92. The van der Waals surface area contributed by atoms with Gasteiger partial charge in [-0.15, -0.1) is 0 Å². The molecular weight excluding hydrogens is 1060 g/mol. The number of hydrogen-bond acceptors (Lipinski definition) is 11. The molecule has 0 unspecified atom stereocenters. The number of piperidine rings is 3. The van der Waals surface area contributed by atoms with E-state index in [1.807, 2.05) is 97.1 Å². The van der Waals surface area contributed by atoms with Gasteiger partial charge in [-0.1, -0.05) is 66.7 Å². The third-order valence-corrected chi connectivity index (χ3v) is 13.1. The number of halogens is 5. The normalized spacial score (nSPS) is 17.1. The minimum atomic E-state index is -0.115. The number of ether oxygens (including phenoxy) is 4. The van der Waals surface area contributed by atoms with Crippen molar-refractivity contribution in [2.24, 2.45) is 0 Å². The second kappa shape index (κ2) is 31.2. The summed E-state index contributed by atoms with van der Waals surface area (Å²) in [6.07, 6.45) is 13.0. The van der Waals surface area contributed by atoms with Crippen LogP contribution in [0.3, 0.4) is 0 Å². The zero-order valence-corrected chi connectivity index (χ0v) is 44.9. The van der Waals surface area contributed by atoms with E-state index in [1.165, 1.54) is 0 Å². The largest absolute Gasteiger partial charge is 0.492 e. The van der Waals surface area contributed by atoms with Crippen LogP contribution in [0.4, 0.5) is 0 Å². The van der Waals surface area contributed by atoms with Crippen molar-refractivity contribution in [2.45, 2.75) is 76.1 Å². The minimum Gasteiger partial charge on any atom is -0.492 e. The van der Waals surface area contributed by atoms with Gasteiger partial charge in [0.1, 0.15) is 46.4 Å². The van der Waals surface area contributed by atoms with Crippen LogP contribution < -0.4 is 24.3 Å². The molecule has 3 fully saturated rings. The highest BCUT2D eigenvalue weighted by Gasteiger charge is 2.33. The van der Waals surface area contributed by atoms with Gasteiger partial charge in [0.2, 0.25) is 0 Å². The van der Waals surface area contributed by atoms with Gasteiger partial charge in [-0.05, 0) is 169 Å². The summed E-state index contributed by atoms with van der Waals surface area (Å²) in [4.78, 5) is 12.5. The average molecular weight is 1130 g/mol. The zero-order valence-electron chi connectivity index (χ0n) is 39.5. The number of rotatable bonds is 13. The van der Waals surface area contributed by atoms with Crippen LogP contribution in [-0.4, -0.2) is 124 Å². The summed E-state index contributed by atoms with van der Waals surface area (Å²) in [6.45, 7) is 15.4. The predicted molar refractivity (Wildman–Crippen MR) is 285 cm³/mol. The summed E-state index contributed by atoms with van der Waals surface area (Å²) >= 11 is 23.9. The minimum absolute atomic E-state index is 0.0287. The van der Waals surface area contributed by atoms with E-state index >= 15 is 0 Å². The molecule has 0 bridgehead atoms. The van der Waals surface area contributed by atoms with Crippen molar-refractivity contribution in [1.82, 2.24) is 25.1 Å². The SMILES string of the molecule is Brc1ccncc1.CC1(Oc2ccc(Cl)cc2)CCN(CCO)CC1.CC1(Oc2ccc(Cl)cc2)CCN(CCOc2ccncc2)CC1.CC1(Oc2ccc(Cl)cc2)CCNCC1.OCCBr. The first-order chi connectivity index (χ1) is 32.7. The molecule has 3 aliphatic rings. The molecule has 5 heterocycles. The zero-order chi connectivity index (χ0) is 49.1. The Kier molecular flexibility index (Phi) is 26.3. The lowest BCUT2D eigenvalue weighted by Gasteiger charge is -2.39. The fourth-order valence-electron chi connectivity index (χ4n) is 7.32. The third kappa shape index (κ3) is 23.1. The average Bonchev–Trinajstić information content (AvgIpc) is 3.34. The van der Waals surface area contributed by atoms with Crippen LogP contribution >= 0.6 is 66.7 Å². The van der Waals surface area contributed by atoms with E-state index in [2.05, 4.69) is 77.7 Å². The molecule has 0 radical (unpaired) electrons. The number of alkyl halides is 1.